The topological polar surface area (TPSA) is 96.1 Å². The fourth-order valence-corrected chi connectivity index (χ4v) is 1.91. The molecule has 0 saturated carbocycles. The number of anilines is 1. The second-order valence-corrected chi connectivity index (χ2v) is 5.08. The molecule has 1 aromatic carbocycles. The van der Waals surface area contributed by atoms with Crippen LogP contribution < -0.4 is 15.4 Å². The van der Waals surface area contributed by atoms with Gasteiger partial charge in [-0.15, -0.1) is 0 Å². The summed E-state index contributed by atoms with van der Waals surface area (Å²) in [6.07, 6.45) is -8.07. The molecule has 26 heavy (non-hydrogen) atoms. The zero-order valence-corrected chi connectivity index (χ0v) is 13.4. The van der Waals surface area contributed by atoms with Gasteiger partial charge in [-0.1, -0.05) is 12.1 Å². The zero-order chi connectivity index (χ0) is 19.3. The van der Waals surface area contributed by atoms with Crippen molar-refractivity contribution in [3.05, 3.63) is 41.6 Å². The molecule has 11 heteroatoms. The van der Waals surface area contributed by atoms with E-state index in [0.717, 1.165) is 11.8 Å². The predicted molar refractivity (Wildman–Crippen MR) is 82.3 cm³/mol. The van der Waals surface area contributed by atoms with Crippen molar-refractivity contribution in [1.82, 2.24) is 15.5 Å². The summed E-state index contributed by atoms with van der Waals surface area (Å²) < 4.78 is 54.6. The van der Waals surface area contributed by atoms with Gasteiger partial charge in [-0.05, 0) is 17.7 Å². The van der Waals surface area contributed by atoms with E-state index in [4.69, 9.17) is 4.74 Å². The number of ether oxygens (including phenoxy) is 1. The lowest BCUT2D eigenvalue weighted by molar-refractivity contribution is -0.183. The van der Waals surface area contributed by atoms with Crippen LogP contribution in [0.1, 0.15) is 15.9 Å². The molecule has 7 nitrogen and oxygen atoms in total. The van der Waals surface area contributed by atoms with E-state index in [-0.39, 0.29) is 12.1 Å². The van der Waals surface area contributed by atoms with Gasteiger partial charge in [0.2, 0.25) is 0 Å². The van der Waals surface area contributed by atoms with Gasteiger partial charge in [-0.2, -0.15) is 18.3 Å². The van der Waals surface area contributed by atoms with Gasteiger partial charge >= 0.3 is 6.18 Å². The van der Waals surface area contributed by atoms with Crippen LogP contribution in [-0.2, 0) is 11.3 Å². The molecule has 2 aromatic rings. The van der Waals surface area contributed by atoms with Crippen molar-refractivity contribution in [3.63, 3.8) is 0 Å². The van der Waals surface area contributed by atoms with E-state index in [1.165, 1.54) is 7.11 Å². The molecule has 0 spiro atoms. The molecule has 0 aliphatic heterocycles. The zero-order valence-electron chi connectivity index (χ0n) is 13.4. The van der Waals surface area contributed by atoms with Gasteiger partial charge in [0, 0.05) is 6.54 Å². The second-order valence-electron chi connectivity index (χ2n) is 5.08. The molecular weight excluding hydrogens is 360 g/mol. The second kappa shape index (κ2) is 7.85. The summed E-state index contributed by atoms with van der Waals surface area (Å²) in [4.78, 5) is 23.4. The van der Waals surface area contributed by atoms with Crippen molar-refractivity contribution >= 4 is 17.6 Å². The maximum Gasteiger partial charge on any atom is 0.428 e. The fraction of sp³-hybridized carbons (Fsp3) is 0.267. The number of hydrogen-bond donors (Lipinski definition) is 3. The van der Waals surface area contributed by atoms with Crippen LogP contribution >= 0.6 is 0 Å². The van der Waals surface area contributed by atoms with E-state index in [0.29, 0.717) is 5.75 Å². The first-order chi connectivity index (χ1) is 12.2. The SMILES string of the molecule is COc1ccc(CNC(=O)c2cn[nH]c2NC(=O)C(F)C(F)(F)F)cc1. The van der Waals surface area contributed by atoms with Crippen LogP contribution in [0.25, 0.3) is 0 Å². The summed E-state index contributed by atoms with van der Waals surface area (Å²) in [5, 5.41) is 9.79. The molecule has 0 saturated heterocycles. The van der Waals surface area contributed by atoms with E-state index < -0.39 is 30.0 Å². The van der Waals surface area contributed by atoms with Crippen LogP contribution in [0.15, 0.2) is 30.5 Å². The van der Waals surface area contributed by atoms with Crippen LogP contribution in [0.3, 0.4) is 0 Å². The summed E-state index contributed by atoms with van der Waals surface area (Å²) >= 11 is 0. The van der Waals surface area contributed by atoms with Gasteiger partial charge in [0.25, 0.3) is 18.0 Å². The lowest BCUT2D eigenvalue weighted by atomic mass is 10.2. The van der Waals surface area contributed by atoms with Crippen molar-refractivity contribution in [2.75, 3.05) is 12.4 Å². The number of halogens is 4. The lowest BCUT2D eigenvalue weighted by Gasteiger charge is -2.12. The highest BCUT2D eigenvalue weighted by Gasteiger charge is 2.45. The lowest BCUT2D eigenvalue weighted by Crippen LogP contribution is -2.37. The third kappa shape index (κ3) is 4.71. The summed E-state index contributed by atoms with van der Waals surface area (Å²) in [5.41, 5.74) is 0.496. The number of H-pyrrole nitrogens is 1. The Morgan fingerprint density at radius 3 is 2.50 bits per heavy atom. The molecule has 2 amide bonds. The van der Waals surface area contributed by atoms with Crippen LogP contribution in [-0.4, -0.2) is 41.5 Å². The van der Waals surface area contributed by atoms with Crippen molar-refractivity contribution in [1.29, 1.82) is 0 Å². The number of aromatic nitrogens is 2. The third-order valence-corrected chi connectivity index (χ3v) is 3.26. The van der Waals surface area contributed by atoms with Crippen LogP contribution in [0.2, 0.25) is 0 Å². The maximum atomic E-state index is 13.0. The van der Waals surface area contributed by atoms with Gasteiger partial charge in [0.05, 0.1) is 13.3 Å². The Kier molecular flexibility index (Phi) is 5.80. The van der Waals surface area contributed by atoms with Gasteiger partial charge < -0.3 is 15.4 Å². The molecule has 2 rings (SSSR count). The number of benzene rings is 1. The molecule has 0 radical (unpaired) electrons. The highest BCUT2D eigenvalue weighted by molar-refractivity contribution is 6.03. The highest BCUT2D eigenvalue weighted by atomic mass is 19.4. The largest absolute Gasteiger partial charge is 0.497 e. The molecule has 1 heterocycles. The molecule has 0 fully saturated rings. The van der Waals surface area contributed by atoms with E-state index in [2.05, 4.69) is 15.5 Å². The van der Waals surface area contributed by atoms with E-state index in [9.17, 15) is 27.2 Å². The fourth-order valence-electron chi connectivity index (χ4n) is 1.91. The molecule has 1 aromatic heterocycles. The number of methoxy groups -OCH3 is 1. The molecule has 3 N–H and O–H groups in total. The number of rotatable bonds is 6. The molecule has 0 aliphatic carbocycles. The Balaban J connectivity index is 2.00. The van der Waals surface area contributed by atoms with Crippen LogP contribution in [0.5, 0.6) is 5.75 Å². The standard InChI is InChI=1S/C15H14F4N4O3/c1-26-9-4-2-8(3-5-9)6-20-13(24)10-7-21-23-12(10)22-14(25)11(16)15(17,18)19/h2-5,7,11H,6H2,1H3,(H,20,24)(H2,21,22,23,25). The minimum atomic E-state index is -5.35. The van der Waals surface area contributed by atoms with Crippen LogP contribution in [0, 0.1) is 0 Å². The minimum Gasteiger partial charge on any atom is -0.497 e. The average molecular weight is 374 g/mol. The Morgan fingerprint density at radius 2 is 1.92 bits per heavy atom. The number of nitrogens with one attached hydrogen (secondary N) is 3. The van der Waals surface area contributed by atoms with Gasteiger partial charge in [-0.3, -0.25) is 14.7 Å². The number of alkyl halides is 4. The maximum absolute atomic E-state index is 13.0. The Bertz CT molecular complexity index is 774. The first kappa shape index (κ1) is 19.2. The van der Waals surface area contributed by atoms with Crippen molar-refractivity contribution in [3.8, 4) is 5.75 Å². The number of carbonyl (C=O) groups excluding carboxylic acids is 2. The normalized spacial score (nSPS) is 12.3. The van der Waals surface area contributed by atoms with Crippen molar-refractivity contribution in [2.24, 2.45) is 0 Å². The number of nitrogens with zero attached hydrogens (tertiary/aromatic N) is 1. The molecule has 0 aliphatic rings. The van der Waals surface area contributed by atoms with E-state index >= 15 is 0 Å². The third-order valence-electron chi connectivity index (χ3n) is 3.26. The molecule has 1 atom stereocenters. The number of aromatic amines is 1. The smallest absolute Gasteiger partial charge is 0.428 e. The van der Waals surface area contributed by atoms with Gasteiger partial charge in [0.15, 0.2) is 0 Å². The first-order valence-corrected chi connectivity index (χ1v) is 7.18. The number of hydrogen-bond acceptors (Lipinski definition) is 4. The van der Waals surface area contributed by atoms with E-state index in [1.54, 1.807) is 29.6 Å². The van der Waals surface area contributed by atoms with Crippen molar-refractivity contribution < 1.29 is 31.9 Å². The number of carbonyl (C=O) groups is 2. The average Bonchev–Trinajstić information content (AvgIpc) is 3.06. The summed E-state index contributed by atoms with van der Waals surface area (Å²) in [7, 11) is 1.51. The minimum absolute atomic E-state index is 0.107. The summed E-state index contributed by atoms with van der Waals surface area (Å²) in [6.45, 7) is 0.107. The molecule has 1 unspecified atom stereocenters. The Labute approximate surface area is 144 Å². The van der Waals surface area contributed by atoms with Gasteiger partial charge in [-0.25, -0.2) is 4.39 Å². The molecule has 140 valence electrons. The number of amides is 2. The molecule has 0 bridgehead atoms. The summed E-state index contributed by atoms with van der Waals surface area (Å²) in [6, 6.07) is 6.77. The summed E-state index contributed by atoms with van der Waals surface area (Å²) in [5.74, 6) is -2.47. The predicted octanol–water partition coefficient (Wildman–Crippen LogP) is 2.19. The van der Waals surface area contributed by atoms with Crippen LogP contribution in [0.4, 0.5) is 23.4 Å². The highest BCUT2D eigenvalue weighted by Crippen LogP contribution is 2.24. The molecular formula is C15H14F4N4O3. The van der Waals surface area contributed by atoms with Crippen molar-refractivity contribution in [2.45, 2.75) is 18.9 Å². The van der Waals surface area contributed by atoms with E-state index in [1.807, 2.05) is 0 Å². The monoisotopic (exact) mass is 374 g/mol. The quantitative estimate of drug-likeness (QED) is 0.676. The Hall–Kier alpha value is -3.11. The first-order valence-electron chi connectivity index (χ1n) is 7.18. The van der Waals surface area contributed by atoms with Gasteiger partial charge in [0.1, 0.15) is 17.1 Å². The Morgan fingerprint density at radius 1 is 1.27 bits per heavy atom.